The summed E-state index contributed by atoms with van der Waals surface area (Å²) < 4.78 is 39.7. The molecule has 242 valence electrons. The number of aromatic nitrogens is 2. The monoisotopic (exact) mass is 651 g/mol. The fraction of sp³-hybridized carbons (Fsp3) is 0.455. The largest absolute Gasteiger partial charge is 0.462 e. The molecule has 0 saturated carbocycles. The fourth-order valence-corrected chi connectivity index (χ4v) is 6.71. The number of ether oxygens (including phenoxy) is 2. The van der Waals surface area contributed by atoms with E-state index in [0.29, 0.717) is 70.1 Å². The molecule has 4 heterocycles. The fourth-order valence-electron chi connectivity index (χ4n) is 6.44. The first kappa shape index (κ1) is 31.9. The second kappa shape index (κ2) is 13.4. The van der Waals surface area contributed by atoms with Gasteiger partial charge >= 0.3 is 6.01 Å². The van der Waals surface area contributed by atoms with Gasteiger partial charge in [0.15, 0.2) is 0 Å². The van der Waals surface area contributed by atoms with Crippen LogP contribution in [0, 0.1) is 12.4 Å². The van der Waals surface area contributed by atoms with Crippen molar-refractivity contribution in [1.29, 1.82) is 0 Å². The Morgan fingerprint density at radius 1 is 1.26 bits per heavy atom. The third-order valence-corrected chi connectivity index (χ3v) is 9.65. The van der Waals surface area contributed by atoms with Crippen LogP contribution >= 0.6 is 11.6 Å². The van der Waals surface area contributed by atoms with Crippen LogP contribution in [-0.4, -0.2) is 110 Å². The summed E-state index contributed by atoms with van der Waals surface area (Å²) in [6.07, 6.45) is 1.89. The minimum absolute atomic E-state index is 0.0797. The quantitative estimate of drug-likeness (QED) is 0.239. The number of fused-ring (bicyclic) bond motifs is 2. The number of halogens is 3. The normalized spacial score (nSPS) is 19.0. The number of anilines is 2. The molecule has 0 N–H and O–H groups in total. The molecule has 2 saturated heterocycles. The highest BCUT2D eigenvalue weighted by Crippen LogP contribution is 2.38. The lowest BCUT2D eigenvalue weighted by atomic mass is 9.97. The number of nitrogens with zero attached hydrogens (tertiary/aromatic N) is 7. The summed E-state index contributed by atoms with van der Waals surface area (Å²) in [7, 11) is 1.85. The van der Waals surface area contributed by atoms with Gasteiger partial charge in [-0.2, -0.15) is 9.97 Å². The molecule has 0 radical (unpaired) electrons. The minimum Gasteiger partial charge on any atom is -0.462 e. The molecule has 3 aliphatic rings. The number of hydrogen-bond acceptors (Lipinski definition) is 8. The average molecular weight is 652 g/mol. The highest BCUT2D eigenvalue weighted by Gasteiger charge is 2.42. The van der Waals surface area contributed by atoms with Crippen molar-refractivity contribution < 1.29 is 23.0 Å². The van der Waals surface area contributed by atoms with Gasteiger partial charge in [0.25, 0.3) is 0 Å². The maximum atomic E-state index is 14.6. The molecule has 1 aromatic heterocycles. The van der Waals surface area contributed by atoms with E-state index in [4.69, 9.17) is 37.6 Å². The van der Waals surface area contributed by atoms with Gasteiger partial charge in [-0.25, -0.2) is 15.4 Å². The first-order valence-electron chi connectivity index (χ1n) is 15.3. The number of likely N-dealkylation sites (N-methyl/N-ethyl adjacent to an activating group) is 1. The highest BCUT2D eigenvalue weighted by atomic mass is 35.5. The lowest BCUT2D eigenvalue weighted by Gasteiger charge is -2.46. The third-order valence-electron chi connectivity index (χ3n) is 9.28. The van der Waals surface area contributed by atoms with Crippen LogP contribution in [0.5, 0.6) is 6.01 Å². The SMILES string of the molecule is [C-]#[N+]C[C@H]1CN(c2nc(OCCN(C)C3(CF)COC3)nc3c2CCN(c2cccc4ccc(F)c(Cl)c24)C3)CCN1C(=O)C=C. The number of amides is 1. The molecule has 0 unspecified atom stereocenters. The summed E-state index contributed by atoms with van der Waals surface area (Å²) in [6.45, 7) is 14.5. The lowest BCUT2D eigenvalue weighted by molar-refractivity contribution is -0.142. The van der Waals surface area contributed by atoms with Gasteiger partial charge in [-0.1, -0.05) is 36.4 Å². The first-order chi connectivity index (χ1) is 22.3. The van der Waals surface area contributed by atoms with Gasteiger partial charge in [0.05, 0.1) is 36.0 Å². The van der Waals surface area contributed by atoms with Gasteiger partial charge in [-0.15, -0.1) is 0 Å². The van der Waals surface area contributed by atoms with Crippen LogP contribution in [0.3, 0.4) is 0 Å². The Bertz CT molecular complexity index is 1680. The van der Waals surface area contributed by atoms with E-state index in [9.17, 15) is 13.6 Å². The smallest absolute Gasteiger partial charge is 0.318 e. The van der Waals surface area contributed by atoms with Gasteiger partial charge in [0.1, 0.15) is 31.0 Å². The number of carbonyl (C=O) groups excluding carboxylic acids is 1. The molecule has 10 nitrogen and oxygen atoms in total. The van der Waals surface area contributed by atoms with E-state index in [1.165, 1.54) is 12.1 Å². The number of benzene rings is 2. The number of hydrogen-bond donors (Lipinski definition) is 0. The molecule has 3 aliphatic heterocycles. The topological polar surface area (TPSA) is 78.6 Å². The van der Waals surface area contributed by atoms with E-state index in [0.717, 1.165) is 22.3 Å². The zero-order chi connectivity index (χ0) is 32.4. The summed E-state index contributed by atoms with van der Waals surface area (Å²) in [5, 5.41) is 1.57. The molecule has 13 heteroatoms. The Balaban J connectivity index is 1.31. The van der Waals surface area contributed by atoms with Gasteiger partial charge in [0.2, 0.25) is 12.5 Å². The molecule has 2 aromatic carbocycles. The van der Waals surface area contributed by atoms with Crippen LogP contribution < -0.4 is 14.5 Å². The van der Waals surface area contributed by atoms with Crippen molar-refractivity contribution >= 4 is 39.8 Å². The van der Waals surface area contributed by atoms with Crippen LogP contribution in [-0.2, 0) is 22.5 Å². The number of rotatable bonds is 10. The zero-order valence-corrected chi connectivity index (χ0v) is 26.5. The van der Waals surface area contributed by atoms with Crippen molar-refractivity contribution in [3.05, 3.63) is 76.5 Å². The van der Waals surface area contributed by atoms with Gasteiger partial charge in [-0.05, 0) is 37.1 Å². The second-order valence-electron chi connectivity index (χ2n) is 12.0. The molecule has 3 aromatic rings. The summed E-state index contributed by atoms with van der Waals surface area (Å²) in [6, 6.07) is 8.73. The highest BCUT2D eigenvalue weighted by molar-refractivity contribution is 6.36. The molecule has 0 aliphatic carbocycles. The molecule has 1 amide bonds. The molecule has 0 bridgehead atoms. The van der Waals surface area contributed by atoms with Crippen molar-refractivity contribution in [2.45, 2.75) is 24.5 Å². The van der Waals surface area contributed by atoms with Crippen LogP contribution in [0.4, 0.5) is 20.3 Å². The van der Waals surface area contributed by atoms with Gasteiger partial charge in [0, 0.05) is 49.4 Å². The number of alkyl halides is 1. The van der Waals surface area contributed by atoms with E-state index >= 15 is 0 Å². The molecule has 1 atom stereocenters. The van der Waals surface area contributed by atoms with Crippen molar-refractivity contribution in [3.8, 4) is 6.01 Å². The predicted molar refractivity (Wildman–Crippen MR) is 173 cm³/mol. The van der Waals surface area contributed by atoms with E-state index in [2.05, 4.69) is 21.2 Å². The number of piperazine rings is 1. The number of carbonyl (C=O) groups is 1. The molecular formula is C33H36ClF2N7O3. The molecular weight excluding hydrogens is 616 g/mol. The summed E-state index contributed by atoms with van der Waals surface area (Å²) in [5.74, 6) is 0.0357. The molecule has 6 rings (SSSR count). The van der Waals surface area contributed by atoms with Crippen molar-refractivity contribution in [2.75, 3.05) is 82.6 Å². The van der Waals surface area contributed by atoms with Crippen molar-refractivity contribution in [3.63, 3.8) is 0 Å². The van der Waals surface area contributed by atoms with Crippen LogP contribution in [0.15, 0.2) is 43.0 Å². The van der Waals surface area contributed by atoms with Crippen LogP contribution in [0.25, 0.3) is 15.6 Å². The summed E-state index contributed by atoms with van der Waals surface area (Å²) in [5.41, 5.74) is 1.91. The predicted octanol–water partition coefficient (Wildman–Crippen LogP) is 4.16. The Kier molecular flexibility index (Phi) is 9.27. The van der Waals surface area contributed by atoms with Gasteiger partial charge in [-0.3, -0.25) is 9.69 Å². The minimum atomic E-state index is -0.634. The molecule has 2 fully saturated rings. The van der Waals surface area contributed by atoms with E-state index in [1.54, 1.807) is 11.0 Å². The molecule has 46 heavy (non-hydrogen) atoms. The third kappa shape index (κ3) is 5.95. The standard InChI is InChI=1S/C33H36ClF2N7O3/c1-4-28(44)43-13-12-42(17-23(43)16-37-2)31-24-10-11-41(27-7-5-6-22-8-9-25(36)30(34)29(22)27)18-26(24)38-32(39-31)46-15-14-40(3)33(19-35)20-45-21-33/h4-9,23H,1,10-21H2,3H3/t23-/m0/s1. The van der Waals surface area contributed by atoms with Crippen molar-refractivity contribution in [1.82, 2.24) is 19.8 Å². The van der Waals surface area contributed by atoms with Crippen LogP contribution in [0.2, 0.25) is 5.02 Å². The lowest BCUT2D eigenvalue weighted by Crippen LogP contribution is -2.63. The average Bonchev–Trinajstić information content (AvgIpc) is 3.05. The Morgan fingerprint density at radius 3 is 2.80 bits per heavy atom. The maximum Gasteiger partial charge on any atom is 0.318 e. The van der Waals surface area contributed by atoms with Gasteiger partial charge < -0.3 is 29.0 Å². The zero-order valence-electron chi connectivity index (χ0n) is 25.7. The summed E-state index contributed by atoms with van der Waals surface area (Å²) >= 11 is 6.48. The maximum absolute atomic E-state index is 14.6. The Hall–Kier alpha value is -4.05. The Labute approximate surface area is 272 Å². The van der Waals surface area contributed by atoms with E-state index < -0.39 is 18.0 Å². The summed E-state index contributed by atoms with van der Waals surface area (Å²) in [4.78, 5) is 33.7. The van der Waals surface area contributed by atoms with E-state index in [-0.39, 0.29) is 36.1 Å². The Morgan fingerprint density at radius 2 is 2.09 bits per heavy atom. The second-order valence-corrected chi connectivity index (χ2v) is 12.3. The first-order valence-corrected chi connectivity index (χ1v) is 15.7. The van der Waals surface area contributed by atoms with Crippen molar-refractivity contribution in [2.24, 2.45) is 0 Å². The van der Waals surface area contributed by atoms with Crippen LogP contribution in [0.1, 0.15) is 11.3 Å². The van der Waals surface area contributed by atoms with E-state index in [1.807, 2.05) is 30.1 Å². The molecule has 0 spiro atoms.